The lowest BCUT2D eigenvalue weighted by Crippen LogP contribution is -2.34. The minimum Gasteiger partial charge on any atom is -0.394 e. The molecule has 1 aromatic carbocycles. The van der Waals surface area contributed by atoms with E-state index in [1.54, 1.807) is 30.7 Å². The van der Waals surface area contributed by atoms with Gasteiger partial charge in [-0.2, -0.15) is 8.42 Å². The second-order valence-corrected chi connectivity index (χ2v) is 7.89. The van der Waals surface area contributed by atoms with Crippen molar-refractivity contribution in [3.05, 3.63) is 52.5 Å². The summed E-state index contributed by atoms with van der Waals surface area (Å²) in [5, 5.41) is 10.3. The third-order valence-electron chi connectivity index (χ3n) is 3.35. The first kappa shape index (κ1) is 21.1. The number of rotatable bonds is 4. The highest BCUT2D eigenvalue weighted by atomic mass is 35.5. The van der Waals surface area contributed by atoms with Crippen molar-refractivity contribution < 1.29 is 27.6 Å². The van der Waals surface area contributed by atoms with E-state index >= 15 is 0 Å². The fraction of sp³-hybridized carbons (Fsp3) is 0.400. The molecule has 1 aliphatic heterocycles. The van der Waals surface area contributed by atoms with E-state index in [0.717, 1.165) is 0 Å². The van der Waals surface area contributed by atoms with Crippen LogP contribution in [0.25, 0.3) is 0 Å². The van der Waals surface area contributed by atoms with Crippen LogP contribution in [0.2, 0.25) is 10.0 Å². The van der Waals surface area contributed by atoms with E-state index < -0.39 is 15.9 Å². The van der Waals surface area contributed by atoms with Gasteiger partial charge >= 0.3 is 0 Å². The molecule has 1 fully saturated rings. The summed E-state index contributed by atoms with van der Waals surface area (Å²) in [6.07, 6.45) is 5.48. The van der Waals surface area contributed by atoms with Crippen molar-refractivity contribution in [2.45, 2.75) is 18.4 Å². The highest BCUT2D eigenvalue weighted by Crippen LogP contribution is 2.40. The Morgan fingerprint density at radius 1 is 1.42 bits per heavy atom. The molecule has 26 heavy (non-hydrogen) atoms. The van der Waals surface area contributed by atoms with Crippen molar-refractivity contribution in [1.82, 2.24) is 9.55 Å². The molecule has 3 rings (SSSR count). The van der Waals surface area contributed by atoms with Crippen molar-refractivity contribution in [3.63, 3.8) is 0 Å². The lowest BCUT2D eigenvalue weighted by Gasteiger charge is -2.29. The Balaban J connectivity index is 0.000000431. The van der Waals surface area contributed by atoms with E-state index in [1.807, 2.05) is 10.8 Å². The fourth-order valence-corrected chi connectivity index (χ4v) is 2.94. The molecule has 2 aromatic rings. The lowest BCUT2D eigenvalue weighted by atomic mass is 10.1. The van der Waals surface area contributed by atoms with Gasteiger partial charge in [0.1, 0.15) is 6.10 Å². The van der Waals surface area contributed by atoms with Gasteiger partial charge in [-0.05, 0) is 12.1 Å². The number of aromatic nitrogens is 2. The van der Waals surface area contributed by atoms with Crippen LogP contribution in [0.4, 0.5) is 0 Å². The summed E-state index contributed by atoms with van der Waals surface area (Å²) in [4.78, 5) is 4.01. The second kappa shape index (κ2) is 8.66. The Kier molecular flexibility index (Phi) is 7.03. The monoisotopic (exact) mass is 424 g/mol. The number of aliphatic hydroxyl groups excluding tert-OH is 1. The first-order valence-electron chi connectivity index (χ1n) is 7.39. The Bertz CT molecular complexity index is 823. The van der Waals surface area contributed by atoms with E-state index in [0.29, 0.717) is 35.0 Å². The van der Waals surface area contributed by atoms with Gasteiger partial charge in [0, 0.05) is 23.0 Å². The molecule has 2 atom stereocenters. The molecule has 1 aromatic heterocycles. The number of halogens is 2. The number of imidazole rings is 1. The summed E-state index contributed by atoms with van der Waals surface area (Å²) >= 11 is 12.2. The van der Waals surface area contributed by atoms with E-state index in [1.165, 1.54) is 0 Å². The van der Waals surface area contributed by atoms with Crippen molar-refractivity contribution in [3.8, 4) is 0 Å². The van der Waals surface area contributed by atoms with Gasteiger partial charge in [-0.25, -0.2) is 4.98 Å². The number of nitrogens with zero attached hydrogens (tertiary/aromatic N) is 2. The smallest absolute Gasteiger partial charge is 0.261 e. The largest absolute Gasteiger partial charge is 0.394 e. The Hall–Kier alpha value is -1.20. The third-order valence-corrected chi connectivity index (χ3v) is 3.90. The van der Waals surface area contributed by atoms with Gasteiger partial charge in [-0.15, -0.1) is 0 Å². The molecular formula is C15H18Cl2N2O6S. The maximum Gasteiger partial charge on any atom is 0.261 e. The molecule has 0 saturated carbocycles. The second-order valence-electron chi connectivity index (χ2n) is 5.58. The van der Waals surface area contributed by atoms with Crippen LogP contribution in [-0.4, -0.2) is 53.2 Å². The highest BCUT2D eigenvalue weighted by molar-refractivity contribution is 7.85. The summed E-state index contributed by atoms with van der Waals surface area (Å²) in [5.74, 6) is -1.06. The summed E-state index contributed by atoms with van der Waals surface area (Å²) < 4.78 is 39.5. The van der Waals surface area contributed by atoms with Crippen molar-refractivity contribution in [1.29, 1.82) is 0 Å². The highest BCUT2D eigenvalue weighted by Gasteiger charge is 2.44. The quantitative estimate of drug-likeness (QED) is 0.721. The zero-order chi connectivity index (χ0) is 19.4. The van der Waals surface area contributed by atoms with Gasteiger partial charge in [-0.3, -0.25) is 4.55 Å². The van der Waals surface area contributed by atoms with E-state index in [-0.39, 0.29) is 12.7 Å². The van der Waals surface area contributed by atoms with Crippen molar-refractivity contribution in [2.24, 2.45) is 0 Å². The van der Waals surface area contributed by atoms with Crippen molar-refractivity contribution >= 4 is 33.3 Å². The molecule has 8 nitrogen and oxygen atoms in total. The van der Waals surface area contributed by atoms with Crippen LogP contribution in [-0.2, 0) is 31.9 Å². The molecule has 1 saturated heterocycles. The maximum atomic E-state index is 9.31. The molecule has 2 heterocycles. The Morgan fingerprint density at radius 2 is 2.12 bits per heavy atom. The maximum absolute atomic E-state index is 9.31. The van der Waals surface area contributed by atoms with Crippen molar-refractivity contribution in [2.75, 3.05) is 19.5 Å². The summed E-state index contributed by atoms with van der Waals surface area (Å²) in [6, 6.07) is 5.16. The molecule has 0 bridgehead atoms. The average Bonchev–Trinajstić information content (AvgIpc) is 3.16. The van der Waals surface area contributed by atoms with Gasteiger partial charge in [0.05, 0.1) is 37.4 Å². The first-order valence-corrected chi connectivity index (χ1v) is 10.00. The van der Waals surface area contributed by atoms with E-state index in [9.17, 15) is 13.5 Å². The molecule has 2 N–H and O–H groups in total. The van der Waals surface area contributed by atoms with Gasteiger partial charge < -0.3 is 19.1 Å². The molecule has 0 spiro atoms. The lowest BCUT2D eigenvalue weighted by molar-refractivity contribution is -0.189. The molecule has 144 valence electrons. The molecular weight excluding hydrogens is 407 g/mol. The number of benzene rings is 1. The topological polar surface area (TPSA) is 111 Å². The zero-order valence-electron chi connectivity index (χ0n) is 13.7. The number of hydrogen-bond donors (Lipinski definition) is 2. The molecule has 0 unspecified atom stereocenters. The van der Waals surface area contributed by atoms with E-state index in [2.05, 4.69) is 4.98 Å². The van der Waals surface area contributed by atoms with Crippen LogP contribution < -0.4 is 0 Å². The number of ether oxygens (including phenoxy) is 2. The van der Waals surface area contributed by atoms with E-state index in [4.69, 9.17) is 37.2 Å². The van der Waals surface area contributed by atoms with Crippen LogP contribution in [0.3, 0.4) is 0 Å². The molecule has 1 aliphatic rings. The average molecular weight is 425 g/mol. The van der Waals surface area contributed by atoms with Crippen LogP contribution in [0.15, 0.2) is 36.9 Å². The van der Waals surface area contributed by atoms with Crippen LogP contribution in [0.5, 0.6) is 0 Å². The third kappa shape index (κ3) is 5.92. The predicted octanol–water partition coefficient (Wildman–Crippen LogP) is 1.95. The Morgan fingerprint density at radius 3 is 2.62 bits per heavy atom. The molecule has 0 aliphatic carbocycles. The summed E-state index contributed by atoms with van der Waals surface area (Å²) in [7, 11) is -3.67. The van der Waals surface area contributed by atoms with Gasteiger partial charge in [0.15, 0.2) is 0 Å². The van der Waals surface area contributed by atoms with Gasteiger partial charge in [0.2, 0.25) is 5.79 Å². The van der Waals surface area contributed by atoms with Gasteiger partial charge in [0.25, 0.3) is 10.1 Å². The standard InChI is InChI=1S/C14H14Cl2N2O3.CH4O3S/c15-10-1-2-12(13(16)5-10)14(8-18-4-3-17-9-18)20-7-11(6-19)21-14;1-5(2,3)4/h1-5,9,11,19H,6-8H2;1H3,(H,2,3,4)/t11-,14-;/m1./s1. The predicted molar refractivity (Wildman–Crippen MR) is 95.8 cm³/mol. The summed E-state index contributed by atoms with van der Waals surface area (Å²) in [6.45, 7) is 0.561. The molecule has 11 heteroatoms. The minimum atomic E-state index is -3.67. The Labute approximate surface area is 161 Å². The van der Waals surface area contributed by atoms with Gasteiger partial charge in [-0.1, -0.05) is 29.3 Å². The normalized spacial score (nSPS) is 22.7. The van der Waals surface area contributed by atoms with Crippen LogP contribution in [0, 0.1) is 0 Å². The molecule has 0 amide bonds. The number of hydrogen-bond acceptors (Lipinski definition) is 6. The number of aliphatic hydroxyl groups is 1. The minimum absolute atomic E-state index is 0.114. The molecule has 0 radical (unpaired) electrons. The van der Waals surface area contributed by atoms with Crippen LogP contribution in [0.1, 0.15) is 5.56 Å². The first-order chi connectivity index (χ1) is 12.1. The SMILES string of the molecule is CS(=O)(=O)O.OC[C@@H]1CO[C@@](Cn2ccnc2)(c2ccc(Cl)cc2Cl)O1. The van der Waals surface area contributed by atoms with Crippen LogP contribution >= 0.6 is 23.2 Å². The zero-order valence-corrected chi connectivity index (χ0v) is 16.1. The fourth-order valence-electron chi connectivity index (χ4n) is 2.38. The summed E-state index contributed by atoms with van der Waals surface area (Å²) in [5.41, 5.74) is 0.679.